The lowest BCUT2D eigenvalue weighted by molar-refractivity contribution is 0.338. The fraction of sp³-hybridized carbons (Fsp3) is 0.615. The Morgan fingerprint density at radius 3 is 2.88 bits per heavy atom. The molecule has 0 saturated carbocycles. The Morgan fingerprint density at radius 2 is 2.19 bits per heavy atom. The van der Waals surface area contributed by atoms with E-state index in [1.807, 2.05) is 13.1 Å². The van der Waals surface area contributed by atoms with Crippen molar-refractivity contribution in [3.8, 4) is 5.75 Å². The monoisotopic (exact) mass is 222 g/mol. The highest BCUT2D eigenvalue weighted by molar-refractivity contribution is 5.23. The highest BCUT2D eigenvalue weighted by atomic mass is 16.5. The van der Waals surface area contributed by atoms with Crippen molar-refractivity contribution in [3.05, 3.63) is 24.0 Å². The topological polar surface area (TPSA) is 34.1 Å². The van der Waals surface area contributed by atoms with Gasteiger partial charge >= 0.3 is 0 Å². The molecule has 1 rings (SSSR count). The minimum atomic E-state index is 0.691. The van der Waals surface area contributed by atoms with E-state index in [0.717, 1.165) is 25.3 Å². The quantitative estimate of drug-likeness (QED) is 0.719. The summed E-state index contributed by atoms with van der Waals surface area (Å²) in [5.74, 6) is 1.57. The summed E-state index contributed by atoms with van der Waals surface area (Å²) in [5, 5.41) is 3.42. The molecule has 0 atom stereocenters. The number of rotatable bonds is 7. The Hall–Kier alpha value is -1.09. The third-order valence-electron chi connectivity index (χ3n) is 2.22. The molecule has 0 bridgehead atoms. The van der Waals surface area contributed by atoms with Gasteiger partial charge in [-0.15, -0.1) is 0 Å². The number of hydrogen-bond donors (Lipinski definition) is 1. The van der Waals surface area contributed by atoms with Crippen LogP contribution < -0.4 is 10.1 Å². The van der Waals surface area contributed by atoms with Gasteiger partial charge in [0.05, 0.1) is 12.8 Å². The molecule has 90 valence electrons. The number of hydrogen-bond acceptors (Lipinski definition) is 3. The fourth-order valence-electron chi connectivity index (χ4n) is 1.47. The van der Waals surface area contributed by atoms with E-state index in [1.54, 1.807) is 6.20 Å². The van der Waals surface area contributed by atoms with Crippen LogP contribution in [0.2, 0.25) is 0 Å². The van der Waals surface area contributed by atoms with Crippen LogP contribution in [0.25, 0.3) is 0 Å². The highest BCUT2D eigenvalue weighted by Crippen LogP contribution is 2.11. The van der Waals surface area contributed by atoms with Gasteiger partial charge in [0.2, 0.25) is 0 Å². The number of nitrogens with one attached hydrogen (secondary N) is 1. The van der Waals surface area contributed by atoms with Crippen molar-refractivity contribution < 1.29 is 4.74 Å². The van der Waals surface area contributed by atoms with E-state index < -0.39 is 0 Å². The van der Waals surface area contributed by atoms with Crippen LogP contribution >= 0.6 is 0 Å². The SMILES string of the molecule is CCOc1cncc(CCNCC(C)C)c1. The van der Waals surface area contributed by atoms with Crippen LogP contribution in [-0.2, 0) is 6.42 Å². The number of aromatic nitrogens is 1. The van der Waals surface area contributed by atoms with Crippen molar-refractivity contribution in [3.63, 3.8) is 0 Å². The molecule has 0 aromatic carbocycles. The summed E-state index contributed by atoms with van der Waals surface area (Å²) in [6.07, 6.45) is 4.66. The van der Waals surface area contributed by atoms with Crippen LogP contribution in [0, 0.1) is 5.92 Å². The Balaban J connectivity index is 2.33. The molecule has 0 radical (unpaired) electrons. The smallest absolute Gasteiger partial charge is 0.137 e. The Morgan fingerprint density at radius 1 is 1.38 bits per heavy atom. The first-order chi connectivity index (χ1) is 7.72. The summed E-state index contributed by atoms with van der Waals surface area (Å²) in [4.78, 5) is 4.16. The largest absolute Gasteiger partial charge is 0.492 e. The van der Waals surface area contributed by atoms with E-state index in [4.69, 9.17) is 4.74 Å². The fourth-order valence-corrected chi connectivity index (χ4v) is 1.47. The molecule has 16 heavy (non-hydrogen) atoms. The van der Waals surface area contributed by atoms with Gasteiger partial charge in [0.1, 0.15) is 5.75 Å². The first-order valence-corrected chi connectivity index (χ1v) is 5.99. The minimum absolute atomic E-state index is 0.691. The molecular formula is C13H22N2O. The van der Waals surface area contributed by atoms with Gasteiger partial charge in [-0.3, -0.25) is 4.98 Å². The molecule has 1 aromatic heterocycles. The van der Waals surface area contributed by atoms with Crippen molar-refractivity contribution in [1.29, 1.82) is 0 Å². The molecule has 0 saturated heterocycles. The van der Waals surface area contributed by atoms with Gasteiger partial charge in [-0.05, 0) is 44.0 Å². The summed E-state index contributed by atoms with van der Waals surface area (Å²) in [6.45, 7) is 9.16. The van der Waals surface area contributed by atoms with Crippen LogP contribution in [0.1, 0.15) is 26.3 Å². The summed E-state index contributed by atoms with van der Waals surface area (Å²) in [5.41, 5.74) is 1.22. The molecule has 0 fully saturated rings. The standard InChI is InChI=1S/C13H22N2O/c1-4-16-13-7-12(9-15-10-13)5-6-14-8-11(2)3/h7,9-11,14H,4-6,8H2,1-3H3. The molecule has 3 heteroatoms. The molecule has 1 heterocycles. The van der Waals surface area contributed by atoms with E-state index in [9.17, 15) is 0 Å². The molecule has 0 spiro atoms. The van der Waals surface area contributed by atoms with Gasteiger partial charge in [0, 0.05) is 6.20 Å². The molecule has 0 unspecified atom stereocenters. The zero-order chi connectivity index (χ0) is 11.8. The number of pyridine rings is 1. The van der Waals surface area contributed by atoms with Crippen molar-refractivity contribution in [2.75, 3.05) is 19.7 Å². The molecule has 1 N–H and O–H groups in total. The van der Waals surface area contributed by atoms with E-state index in [1.165, 1.54) is 5.56 Å². The van der Waals surface area contributed by atoms with Gasteiger partial charge in [0.25, 0.3) is 0 Å². The van der Waals surface area contributed by atoms with Crippen LogP contribution in [0.15, 0.2) is 18.5 Å². The van der Waals surface area contributed by atoms with Crippen molar-refractivity contribution in [2.24, 2.45) is 5.92 Å². The average molecular weight is 222 g/mol. The second-order valence-electron chi connectivity index (χ2n) is 4.31. The summed E-state index contributed by atoms with van der Waals surface area (Å²) < 4.78 is 5.41. The molecule has 0 aliphatic heterocycles. The van der Waals surface area contributed by atoms with Crippen LogP contribution in [0.5, 0.6) is 5.75 Å². The highest BCUT2D eigenvalue weighted by Gasteiger charge is 1.98. The van der Waals surface area contributed by atoms with Crippen LogP contribution in [0.3, 0.4) is 0 Å². The average Bonchev–Trinajstić information content (AvgIpc) is 2.25. The van der Waals surface area contributed by atoms with Crippen molar-refractivity contribution >= 4 is 0 Å². The van der Waals surface area contributed by atoms with Gasteiger partial charge in [-0.25, -0.2) is 0 Å². The summed E-state index contributed by atoms with van der Waals surface area (Å²) >= 11 is 0. The zero-order valence-corrected chi connectivity index (χ0v) is 10.5. The minimum Gasteiger partial charge on any atom is -0.492 e. The lowest BCUT2D eigenvalue weighted by Gasteiger charge is -2.08. The second kappa shape index (κ2) is 7.23. The van der Waals surface area contributed by atoms with E-state index >= 15 is 0 Å². The van der Waals surface area contributed by atoms with E-state index in [-0.39, 0.29) is 0 Å². The summed E-state index contributed by atoms with van der Waals surface area (Å²) in [6, 6.07) is 2.06. The molecule has 1 aromatic rings. The maximum absolute atomic E-state index is 5.41. The number of nitrogens with zero attached hydrogens (tertiary/aromatic N) is 1. The molecule has 0 aliphatic rings. The third-order valence-corrected chi connectivity index (χ3v) is 2.22. The predicted octanol–water partition coefficient (Wildman–Crippen LogP) is 2.27. The van der Waals surface area contributed by atoms with E-state index in [2.05, 4.69) is 30.2 Å². The van der Waals surface area contributed by atoms with Gasteiger partial charge in [-0.2, -0.15) is 0 Å². The van der Waals surface area contributed by atoms with Crippen LogP contribution in [0.4, 0.5) is 0 Å². The van der Waals surface area contributed by atoms with Crippen LogP contribution in [-0.4, -0.2) is 24.7 Å². The second-order valence-corrected chi connectivity index (χ2v) is 4.31. The Labute approximate surface area is 98.2 Å². The molecule has 3 nitrogen and oxygen atoms in total. The van der Waals surface area contributed by atoms with E-state index in [0.29, 0.717) is 12.5 Å². The first-order valence-electron chi connectivity index (χ1n) is 5.99. The predicted molar refractivity (Wildman–Crippen MR) is 66.8 cm³/mol. The first kappa shape index (κ1) is 13.0. The lowest BCUT2D eigenvalue weighted by Crippen LogP contribution is -2.22. The Bertz CT molecular complexity index is 300. The van der Waals surface area contributed by atoms with Crippen molar-refractivity contribution in [1.82, 2.24) is 10.3 Å². The summed E-state index contributed by atoms with van der Waals surface area (Å²) in [7, 11) is 0. The molecule has 0 aliphatic carbocycles. The van der Waals surface area contributed by atoms with Gasteiger partial charge < -0.3 is 10.1 Å². The number of ether oxygens (including phenoxy) is 1. The zero-order valence-electron chi connectivity index (χ0n) is 10.5. The lowest BCUT2D eigenvalue weighted by atomic mass is 10.2. The normalized spacial score (nSPS) is 10.8. The molecular weight excluding hydrogens is 200 g/mol. The Kier molecular flexibility index (Phi) is 5.86. The van der Waals surface area contributed by atoms with Gasteiger partial charge in [0.15, 0.2) is 0 Å². The maximum Gasteiger partial charge on any atom is 0.137 e. The molecule has 0 amide bonds. The maximum atomic E-state index is 5.41. The van der Waals surface area contributed by atoms with Crippen molar-refractivity contribution in [2.45, 2.75) is 27.2 Å². The third kappa shape index (κ3) is 5.12. The van der Waals surface area contributed by atoms with Gasteiger partial charge in [-0.1, -0.05) is 13.8 Å².